The fraction of sp³-hybridized carbons (Fsp3) is 0.769. The van der Waals surface area contributed by atoms with Gasteiger partial charge in [-0.2, -0.15) is 0 Å². The van der Waals surface area contributed by atoms with Crippen LogP contribution in [0, 0.1) is 0 Å². The molecule has 120 valence electrons. The largest absolute Gasteiger partial charge is 0.481 e. The van der Waals surface area contributed by atoms with Crippen molar-refractivity contribution in [1.82, 2.24) is 5.32 Å². The molecule has 2 atom stereocenters. The van der Waals surface area contributed by atoms with E-state index in [1.165, 1.54) is 11.8 Å². The number of hydrogen-bond acceptors (Lipinski definition) is 6. The number of ether oxygens (including phenoxy) is 2. The van der Waals surface area contributed by atoms with Crippen LogP contribution in [0.25, 0.3) is 0 Å². The van der Waals surface area contributed by atoms with Gasteiger partial charge in [-0.1, -0.05) is 0 Å². The zero-order chi connectivity index (χ0) is 16.3. The summed E-state index contributed by atoms with van der Waals surface area (Å²) in [6.07, 6.45) is -0.924. The van der Waals surface area contributed by atoms with E-state index in [4.69, 9.17) is 14.6 Å². The van der Waals surface area contributed by atoms with Crippen LogP contribution in [-0.2, 0) is 19.1 Å². The Bertz CT molecular complexity index is 433. The highest BCUT2D eigenvalue weighted by atomic mass is 32.2. The fourth-order valence-corrected chi connectivity index (χ4v) is 2.48. The maximum absolute atomic E-state index is 11.5. The van der Waals surface area contributed by atoms with E-state index in [0.29, 0.717) is 6.54 Å². The molecule has 21 heavy (non-hydrogen) atoms. The second-order valence-corrected chi connectivity index (χ2v) is 7.49. The Morgan fingerprint density at radius 2 is 1.90 bits per heavy atom. The summed E-state index contributed by atoms with van der Waals surface area (Å²) in [5.74, 6) is -1.59. The predicted octanol–water partition coefficient (Wildman–Crippen LogP) is 1.75. The van der Waals surface area contributed by atoms with Gasteiger partial charge in [0, 0.05) is 6.54 Å². The van der Waals surface area contributed by atoms with Crippen molar-refractivity contribution in [1.29, 1.82) is 0 Å². The number of rotatable bonds is 6. The third-order valence-electron chi connectivity index (χ3n) is 2.59. The van der Waals surface area contributed by atoms with Crippen molar-refractivity contribution >= 4 is 29.8 Å². The number of aliphatic carboxylic acids is 1. The Labute approximate surface area is 127 Å². The molecule has 1 saturated heterocycles. The maximum Gasteiger partial charge on any atom is 0.407 e. The molecule has 0 saturated carbocycles. The summed E-state index contributed by atoms with van der Waals surface area (Å²) in [4.78, 5) is 32.6. The lowest BCUT2D eigenvalue weighted by Crippen LogP contribution is -2.36. The molecule has 1 aliphatic heterocycles. The number of thioether (sulfide) groups is 1. The lowest BCUT2D eigenvalue weighted by Gasteiger charge is -2.19. The van der Waals surface area contributed by atoms with Gasteiger partial charge in [0.1, 0.15) is 5.60 Å². The molecular weight excluding hydrogens is 298 g/mol. The van der Waals surface area contributed by atoms with E-state index in [1.807, 2.05) is 0 Å². The van der Waals surface area contributed by atoms with E-state index in [0.717, 1.165) is 0 Å². The second kappa shape index (κ2) is 6.55. The molecule has 0 aromatic carbocycles. The molecule has 7 nitrogen and oxygen atoms in total. The predicted molar refractivity (Wildman–Crippen MR) is 77.0 cm³/mol. The summed E-state index contributed by atoms with van der Waals surface area (Å²) in [6, 6.07) is 0. The lowest BCUT2D eigenvalue weighted by atomic mass is 10.2. The second-order valence-electron chi connectivity index (χ2n) is 5.87. The molecular formula is C13H21NO6S. The molecule has 1 heterocycles. The molecule has 8 heteroatoms. The van der Waals surface area contributed by atoms with E-state index in [-0.39, 0.29) is 18.1 Å². The molecule has 0 bridgehead atoms. The first kappa shape index (κ1) is 17.6. The van der Waals surface area contributed by atoms with Gasteiger partial charge in [0.15, 0.2) is 4.93 Å². The van der Waals surface area contributed by atoms with E-state index >= 15 is 0 Å². The van der Waals surface area contributed by atoms with Crippen molar-refractivity contribution in [3.05, 3.63) is 0 Å². The Kier molecular flexibility index (Phi) is 5.49. The van der Waals surface area contributed by atoms with E-state index in [2.05, 4.69) is 5.32 Å². The number of nitrogens with one attached hydrogen (secondary N) is 1. The van der Waals surface area contributed by atoms with E-state index in [9.17, 15) is 14.4 Å². The number of esters is 1. The summed E-state index contributed by atoms with van der Waals surface area (Å²) in [5.41, 5.74) is -0.562. The number of carbonyl (C=O) groups is 3. The maximum atomic E-state index is 11.5. The van der Waals surface area contributed by atoms with Crippen molar-refractivity contribution in [3.63, 3.8) is 0 Å². The highest BCUT2D eigenvalue weighted by Crippen LogP contribution is 2.53. The number of carboxylic acids is 1. The first-order valence-corrected chi connectivity index (χ1v) is 7.48. The molecule has 1 fully saturated rings. The highest BCUT2D eigenvalue weighted by molar-refractivity contribution is 8.08. The monoisotopic (exact) mass is 319 g/mol. The SMILES string of the molecule is CC(C)(C)OC(=O)NCC1SC1(C)OC(=O)CCC(=O)O. The molecule has 1 aliphatic rings. The van der Waals surface area contributed by atoms with Crippen LogP contribution in [0.1, 0.15) is 40.5 Å². The Morgan fingerprint density at radius 3 is 2.43 bits per heavy atom. The summed E-state index contributed by atoms with van der Waals surface area (Å²) in [7, 11) is 0. The van der Waals surface area contributed by atoms with E-state index < -0.39 is 28.6 Å². The number of carboxylic acid groups (broad SMARTS) is 1. The third kappa shape index (κ3) is 6.70. The summed E-state index contributed by atoms with van der Waals surface area (Å²) < 4.78 is 10.3. The minimum Gasteiger partial charge on any atom is -0.481 e. The number of amides is 1. The third-order valence-corrected chi connectivity index (χ3v) is 4.08. The molecule has 0 aliphatic carbocycles. The molecule has 0 radical (unpaired) electrons. The molecule has 2 unspecified atom stereocenters. The van der Waals surface area contributed by atoms with Crippen LogP contribution in [0.3, 0.4) is 0 Å². The normalized spacial score (nSPS) is 24.1. The molecule has 1 rings (SSSR count). The van der Waals surface area contributed by atoms with Crippen LogP contribution in [0.5, 0.6) is 0 Å². The molecule has 0 spiro atoms. The fourth-order valence-electron chi connectivity index (χ4n) is 1.54. The number of alkyl carbamates (subject to hydrolysis) is 1. The van der Waals surface area contributed by atoms with Crippen LogP contribution in [0.2, 0.25) is 0 Å². The van der Waals surface area contributed by atoms with Crippen molar-refractivity contribution in [3.8, 4) is 0 Å². The molecule has 0 aromatic heterocycles. The number of carbonyl (C=O) groups excluding carboxylic acids is 2. The lowest BCUT2D eigenvalue weighted by molar-refractivity contribution is -0.151. The van der Waals surface area contributed by atoms with Gasteiger partial charge in [0.2, 0.25) is 0 Å². The van der Waals surface area contributed by atoms with Gasteiger partial charge in [-0.3, -0.25) is 9.59 Å². The Balaban J connectivity index is 2.27. The van der Waals surface area contributed by atoms with Crippen LogP contribution < -0.4 is 5.32 Å². The summed E-state index contributed by atoms with van der Waals surface area (Å²) in [5, 5.41) is 11.0. The van der Waals surface area contributed by atoms with Crippen LogP contribution in [-0.4, -0.2) is 45.5 Å². The summed E-state index contributed by atoms with van der Waals surface area (Å²) >= 11 is 1.40. The van der Waals surface area contributed by atoms with Gasteiger partial charge >= 0.3 is 18.0 Å². The van der Waals surface area contributed by atoms with Crippen molar-refractivity contribution in [2.24, 2.45) is 0 Å². The topological polar surface area (TPSA) is 102 Å². The van der Waals surface area contributed by atoms with Gasteiger partial charge in [-0.15, -0.1) is 11.8 Å². The zero-order valence-corrected chi connectivity index (χ0v) is 13.4. The average Bonchev–Trinajstić information content (AvgIpc) is 2.92. The average molecular weight is 319 g/mol. The minimum atomic E-state index is -1.04. The van der Waals surface area contributed by atoms with Gasteiger partial charge in [-0.25, -0.2) is 4.79 Å². The molecule has 1 amide bonds. The first-order valence-electron chi connectivity index (χ1n) is 6.60. The Morgan fingerprint density at radius 1 is 1.29 bits per heavy atom. The van der Waals surface area contributed by atoms with Crippen LogP contribution in [0.4, 0.5) is 4.79 Å². The summed E-state index contributed by atoms with van der Waals surface area (Å²) in [6.45, 7) is 7.37. The number of hydrogen-bond donors (Lipinski definition) is 2. The standard InChI is InChI=1S/C13H21NO6S/c1-12(2,3)20-11(18)14-7-8-13(4,21-8)19-10(17)6-5-9(15)16/h8H,5-7H2,1-4H3,(H,14,18)(H,15,16). The Hall–Kier alpha value is -1.44. The van der Waals surface area contributed by atoms with Crippen LogP contribution in [0.15, 0.2) is 0 Å². The molecule has 2 N–H and O–H groups in total. The van der Waals surface area contributed by atoms with E-state index in [1.54, 1.807) is 27.7 Å². The molecule has 0 aromatic rings. The smallest absolute Gasteiger partial charge is 0.407 e. The van der Waals surface area contributed by atoms with Gasteiger partial charge in [0.05, 0.1) is 18.1 Å². The van der Waals surface area contributed by atoms with Gasteiger partial charge in [-0.05, 0) is 27.7 Å². The van der Waals surface area contributed by atoms with Crippen molar-refractivity contribution in [2.75, 3.05) is 6.54 Å². The van der Waals surface area contributed by atoms with Gasteiger partial charge in [0.25, 0.3) is 0 Å². The van der Waals surface area contributed by atoms with Crippen molar-refractivity contribution < 1.29 is 29.0 Å². The van der Waals surface area contributed by atoms with Crippen molar-refractivity contribution in [2.45, 2.75) is 56.3 Å². The first-order chi connectivity index (χ1) is 9.52. The highest BCUT2D eigenvalue weighted by Gasteiger charge is 2.55. The van der Waals surface area contributed by atoms with Crippen LogP contribution >= 0.6 is 11.8 Å². The minimum absolute atomic E-state index is 0.0567. The zero-order valence-electron chi connectivity index (χ0n) is 12.6. The van der Waals surface area contributed by atoms with Gasteiger partial charge < -0.3 is 19.9 Å². The quantitative estimate of drug-likeness (QED) is 0.568.